The van der Waals surface area contributed by atoms with Gasteiger partial charge in [0.05, 0.1) is 5.69 Å². The molecule has 1 fully saturated rings. The number of nitrogens with zero attached hydrogens (tertiary/aromatic N) is 3. The van der Waals surface area contributed by atoms with Crippen LogP contribution in [-0.2, 0) is 25.0 Å². The van der Waals surface area contributed by atoms with Crippen LogP contribution < -0.4 is 10.1 Å². The Labute approximate surface area is 199 Å². The lowest BCUT2D eigenvalue weighted by Gasteiger charge is -2.23. The molecule has 2 heterocycles. The average Bonchev–Trinajstić information content (AvgIpc) is 3.55. The molecule has 1 N–H and O–H groups in total. The summed E-state index contributed by atoms with van der Waals surface area (Å²) in [5.41, 5.74) is 1.95. The summed E-state index contributed by atoms with van der Waals surface area (Å²) in [5.74, 6) is -2.42. The molecule has 34 heavy (non-hydrogen) atoms. The average molecular weight is 487 g/mol. The zero-order valence-electron chi connectivity index (χ0n) is 18.3. The van der Waals surface area contributed by atoms with Crippen LogP contribution in [0.3, 0.4) is 0 Å². The first-order valence-electron chi connectivity index (χ1n) is 10.8. The smallest absolute Gasteiger partial charge is 0.275 e. The highest BCUT2D eigenvalue weighted by molar-refractivity contribution is 6.31. The molecular weight excluding hydrogens is 466 g/mol. The van der Waals surface area contributed by atoms with Gasteiger partial charge in [0, 0.05) is 41.3 Å². The number of nitrogens with one attached hydrogen (secondary N) is 1. The maximum absolute atomic E-state index is 14.4. The first-order valence-corrected chi connectivity index (χ1v) is 11.2. The Balaban J connectivity index is 1.50. The molecular formula is C24H21ClF2N4O3. The quantitative estimate of drug-likeness (QED) is 0.574. The molecule has 0 bridgehead atoms. The summed E-state index contributed by atoms with van der Waals surface area (Å²) >= 11 is 6.17. The normalized spacial score (nSPS) is 14.1. The van der Waals surface area contributed by atoms with Gasteiger partial charge in [0.15, 0.2) is 17.3 Å². The molecule has 1 saturated carbocycles. The van der Waals surface area contributed by atoms with Gasteiger partial charge in [0.2, 0.25) is 5.91 Å². The van der Waals surface area contributed by atoms with E-state index in [-0.39, 0.29) is 42.9 Å². The lowest BCUT2D eigenvalue weighted by atomic mass is 10.0. The summed E-state index contributed by atoms with van der Waals surface area (Å²) in [7, 11) is 1.70. The predicted molar refractivity (Wildman–Crippen MR) is 120 cm³/mol. The number of amides is 2. The third-order valence-electron chi connectivity index (χ3n) is 5.87. The molecule has 1 aromatic heterocycles. The molecule has 2 amide bonds. The molecule has 0 radical (unpaired) electrons. The Morgan fingerprint density at radius 3 is 2.82 bits per heavy atom. The van der Waals surface area contributed by atoms with Crippen LogP contribution in [0.25, 0.3) is 11.3 Å². The third kappa shape index (κ3) is 4.23. The van der Waals surface area contributed by atoms with Crippen LogP contribution in [-0.4, -0.2) is 39.1 Å². The second-order valence-corrected chi connectivity index (χ2v) is 8.88. The molecule has 0 atom stereocenters. The van der Waals surface area contributed by atoms with Crippen molar-refractivity contribution in [2.75, 3.05) is 6.54 Å². The van der Waals surface area contributed by atoms with Crippen molar-refractivity contribution in [2.24, 2.45) is 7.05 Å². The lowest BCUT2D eigenvalue weighted by molar-refractivity contribution is -0.122. The molecule has 1 aliphatic heterocycles. The maximum atomic E-state index is 14.4. The van der Waals surface area contributed by atoms with E-state index in [0.29, 0.717) is 27.6 Å². The number of fused-ring (bicyclic) bond motifs is 3. The first kappa shape index (κ1) is 22.3. The standard InChI is InChI=1S/C24H21ClF2N4O3/c1-30-23-16-9-14(25)5-8-19(16)34-12-17(23)22(29-30)24(33)31(11-20(32)28-15-6-7-15)10-13-3-2-4-18(26)21(13)27/h2-5,8-9,15H,6-7,10-12H2,1H3,(H,28,32). The van der Waals surface area contributed by atoms with Crippen molar-refractivity contribution in [1.82, 2.24) is 20.0 Å². The van der Waals surface area contributed by atoms with E-state index in [1.54, 1.807) is 29.9 Å². The van der Waals surface area contributed by atoms with E-state index in [9.17, 15) is 18.4 Å². The van der Waals surface area contributed by atoms with Crippen LogP contribution in [0.15, 0.2) is 36.4 Å². The van der Waals surface area contributed by atoms with E-state index in [2.05, 4.69) is 10.4 Å². The maximum Gasteiger partial charge on any atom is 0.275 e. The van der Waals surface area contributed by atoms with Gasteiger partial charge in [-0.25, -0.2) is 8.78 Å². The largest absolute Gasteiger partial charge is 0.488 e. The van der Waals surface area contributed by atoms with Gasteiger partial charge in [-0.1, -0.05) is 23.7 Å². The number of aromatic nitrogens is 2. The van der Waals surface area contributed by atoms with Gasteiger partial charge in [0.1, 0.15) is 18.9 Å². The SMILES string of the molecule is Cn1nc(C(=O)N(CC(=O)NC2CC2)Cc2cccc(F)c2F)c2c1-c1cc(Cl)ccc1OC2. The van der Waals surface area contributed by atoms with Crippen molar-refractivity contribution in [1.29, 1.82) is 0 Å². The van der Waals surface area contributed by atoms with Crippen LogP contribution in [0.4, 0.5) is 8.78 Å². The van der Waals surface area contributed by atoms with Crippen LogP contribution in [0, 0.1) is 11.6 Å². The Morgan fingerprint density at radius 2 is 2.06 bits per heavy atom. The second-order valence-electron chi connectivity index (χ2n) is 8.44. The van der Waals surface area contributed by atoms with E-state index in [1.165, 1.54) is 17.0 Å². The minimum atomic E-state index is -1.06. The third-order valence-corrected chi connectivity index (χ3v) is 6.11. The predicted octanol–water partition coefficient (Wildman–Crippen LogP) is 3.83. The lowest BCUT2D eigenvalue weighted by Crippen LogP contribution is -2.41. The Kier molecular flexibility index (Phi) is 5.73. The summed E-state index contributed by atoms with van der Waals surface area (Å²) in [4.78, 5) is 27.3. The number of carbonyl (C=O) groups excluding carboxylic acids is 2. The molecule has 0 saturated heterocycles. The van der Waals surface area contributed by atoms with Crippen LogP contribution in [0.2, 0.25) is 5.02 Å². The molecule has 3 aromatic rings. The molecule has 10 heteroatoms. The number of carbonyl (C=O) groups is 2. The molecule has 5 rings (SSSR count). The number of benzene rings is 2. The van der Waals surface area contributed by atoms with Crippen LogP contribution in [0.5, 0.6) is 5.75 Å². The minimum Gasteiger partial charge on any atom is -0.488 e. The highest BCUT2D eigenvalue weighted by atomic mass is 35.5. The van der Waals surface area contributed by atoms with Crippen molar-refractivity contribution in [2.45, 2.75) is 32.0 Å². The van der Waals surface area contributed by atoms with Crippen LogP contribution >= 0.6 is 11.6 Å². The van der Waals surface area contributed by atoms with Gasteiger partial charge in [-0.2, -0.15) is 5.10 Å². The monoisotopic (exact) mass is 486 g/mol. The van der Waals surface area contributed by atoms with Crippen molar-refractivity contribution < 1.29 is 23.1 Å². The fraction of sp³-hybridized carbons (Fsp3) is 0.292. The van der Waals surface area contributed by atoms with Gasteiger partial charge in [0.25, 0.3) is 5.91 Å². The van der Waals surface area contributed by atoms with Gasteiger partial charge in [-0.15, -0.1) is 0 Å². The van der Waals surface area contributed by atoms with Crippen molar-refractivity contribution >= 4 is 23.4 Å². The fourth-order valence-electron chi connectivity index (χ4n) is 4.08. The molecule has 0 spiro atoms. The molecule has 2 aromatic carbocycles. The van der Waals surface area contributed by atoms with Gasteiger partial charge < -0.3 is 15.0 Å². The molecule has 7 nitrogen and oxygen atoms in total. The molecule has 1 aliphatic carbocycles. The molecule has 0 unspecified atom stereocenters. The van der Waals surface area contributed by atoms with Gasteiger partial charge >= 0.3 is 0 Å². The van der Waals surface area contributed by atoms with Crippen molar-refractivity contribution in [3.05, 3.63) is 69.9 Å². The number of ether oxygens (including phenoxy) is 1. The zero-order chi connectivity index (χ0) is 24.0. The Bertz CT molecular complexity index is 1310. The summed E-state index contributed by atoms with van der Waals surface area (Å²) in [6.07, 6.45) is 1.76. The Hall–Kier alpha value is -3.46. The highest BCUT2D eigenvalue weighted by Gasteiger charge is 2.33. The first-order chi connectivity index (χ1) is 16.3. The highest BCUT2D eigenvalue weighted by Crippen LogP contribution is 2.40. The number of halogens is 3. The van der Waals surface area contributed by atoms with Gasteiger partial charge in [-0.3, -0.25) is 14.3 Å². The summed E-state index contributed by atoms with van der Waals surface area (Å²) in [5, 5.41) is 7.73. The summed E-state index contributed by atoms with van der Waals surface area (Å²) in [6.45, 7) is -0.523. The van der Waals surface area contributed by atoms with Crippen LogP contribution in [0.1, 0.15) is 34.5 Å². The second kappa shape index (κ2) is 8.72. The fourth-order valence-corrected chi connectivity index (χ4v) is 4.25. The number of hydrogen-bond donors (Lipinski definition) is 1. The van der Waals surface area contributed by atoms with E-state index in [1.807, 2.05) is 0 Å². The van der Waals surface area contributed by atoms with E-state index < -0.39 is 17.5 Å². The van der Waals surface area contributed by atoms with Gasteiger partial charge in [-0.05, 0) is 37.1 Å². The van der Waals surface area contributed by atoms with E-state index in [4.69, 9.17) is 16.3 Å². The zero-order valence-corrected chi connectivity index (χ0v) is 19.0. The van der Waals surface area contributed by atoms with Crippen molar-refractivity contribution in [3.8, 4) is 17.0 Å². The topological polar surface area (TPSA) is 76.5 Å². The minimum absolute atomic E-state index is 0.0363. The summed E-state index contributed by atoms with van der Waals surface area (Å²) < 4.78 is 35.6. The van der Waals surface area contributed by atoms with E-state index >= 15 is 0 Å². The Morgan fingerprint density at radius 1 is 1.26 bits per heavy atom. The van der Waals surface area contributed by atoms with E-state index in [0.717, 1.165) is 18.9 Å². The molecule has 2 aliphatic rings. The van der Waals surface area contributed by atoms with Crippen molar-refractivity contribution in [3.63, 3.8) is 0 Å². The number of hydrogen-bond acceptors (Lipinski definition) is 4. The number of aryl methyl sites for hydroxylation is 1. The summed E-state index contributed by atoms with van der Waals surface area (Å²) in [6, 6.07) is 9.02. The molecule has 176 valence electrons. The number of rotatable bonds is 6.